The van der Waals surface area contributed by atoms with Gasteiger partial charge >= 0.3 is 0 Å². The van der Waals surface area contributed by atoms with Crippen molar-refractivity contribution in [1.82, 2.24) is 5.32 Å². The van der Waals surface area contributed by atoms with Crippen molar-refractivity contribution in [3.63, 3.8) is 0 Å². The molecular formula is C16H18ClNOS. The highest BCUT2D eigenvalue weighted by atomic mass is 35.5. The van der Waals surface area contributed by atoms with Gasteiger partial charge in [0, 0.05) is 21.3 Å². The molecule has 0 radical (unpaired) electrons. The summed E-state index contributed by atoms with van der Waals surface area (Å²) in [5.41, 5.74) is 0. The molecule has 0 bridgehead atoms. The van der Waals surface area contributed by atoms with E-state index >= 15 is 0 Å². The molecule has 2 nitrogen and oxygen atoms in total. The first-order valence-electron chi connectivity index (χ1n) is 6.71. The minimum absolute atomic E-state index is 0.0633. The van der Waals surface area contributed by atoms with Gasteiger partial charge in [-0.2, -0.15) is 0 Å². The van der Waals surface area contributed by atoms with Crippen LogP contribution in [-0.4, -0.2) is 17.7 Å². The zero-order valence-electron chi connectivity index (χ0n) is 11.7. The second-order valence-corrected chi connectivity index (χ2v) is 6.18. The predicted octanol–water partition coefficient (Wildman–Crippen LogP) is 4.50. The highest BCUT2D eigenvalue weighted by Crippen LogP contribution is 2.32. The first-order valence-corrected chi connectivity index (χ1v) is 8.07. The summed E-state index contributed by atoms with van der Waals surface area (Å²) in [6, 6.07) is 12.1. The van der Waals surface area contributed by atoms with Crippen LogP contribution in [0.4, 0.5) is 0 Å². The number of nitrogens with one attached hydrogen (secondary N) is 1. The van der Waals surface area contributed by atoms with E-state index in [9.17, 15) is 4.79 Å². The Labute approximate surface area is 128 Å². The normalized spacial score (nSPS) is 12.3. The Bertz CT molecular complexity index is 609. The third kappa shape index (κ3) is 3.68. The van der Waals surface area contributed by atoms with E-state index in [0.717, 1.165) is 27.1 Å². The van der Waals surface area contributed by atoms with Gasteiger partial charge in [0.1, 0.15) is 0 Å². The Morgan fingerprint density at radius 2 is 2.00 bits per heavy atom. The van der Waals surface area contributed by atoms with Gasteiger partial charge in [0.2, 0.25) is 5.91 Å². The van der Waals surface area contributed by atoms with Crippen LogP contribution in [0.15, 0.2) is 41.3 Å². The van der Waals surface area contributed by atoms with Crippen LogP contribution in [0.1, 0.15) is 20.3 Å². The van der Waals surface area contributed by atoms with Gasteiger partial charge in [-0.3, -0.25) is 4.79 Å². The van der Waals surface area contributed by atoms with Gasteiger partial charge in [-0.25, -0.2) is 0 Å². The van der Waals surface area contributed by atoms with E-state index in [0.29, 0.717) is 5.75 Å². The molecule has 20 heavy (non-hydrogen) atoms. The Hall–Kier alpha value is -1.19. The minimum atomic E-state index is 0.0633. The number of thioether (sulfide) groups is 1. The van der Waals surface area contributed by atoms with E-state index in [1.54, 1.807) is 0 Å². The van der Waals surface area contributed by atoms with E-state index in [-0.39, 0.29) is 11.9 Å². The summed E-state index contributed by atoms with van der Waals surface area (Å²) in [5.74, 6) is 0.475. The summed E-state index contributed by atoms with van der Waals surface area (Å²) in [6.07, 6.45) is 0.941. The van der Waals surface area contributed by atoms with E-state index in [1.165, 1.54) is 11.8 Å². The van der Waals surface area contributed by atoms with Crippen molar-refractivity contribution in [2.75, 3.05) is 5.75 Å². The fraction of sp³-hybridized carbons (Fsp3) is 0.312. The molecule has 1 N–H and O–H groups in total. The highest BCUT2D eigenvalue weighted by molar-refractivity contribution is 8.00. The van der Waals surface area contributed by atoms with Crippen molar-refractivity contribution in [3.8, 4) is 0 Å². The molecule has 0 aliphatic heterocycles. The fourth-order valence-electron chi connectivity index (χ4n) is 1.94. The number of benzene rings is 2. The monoisotopic (exact) mass is 307 g/mol. The molecule has 2 aromatic rings. The largest absolute Gasteiger partial charge is 0.353 e. The highest BCUT2D eigenvalue weighted by Gasteiger charge is 2.09. The molecule has 1 atom stereocenters. The zero-order valence-corrected chi connectivity index (χ0v) is 13.2. The maximum atomic E-state index is 11.8. The third-order valence-corrected chi connectivity index (χ3v) is 4.57. The molecule has 0 heterocycles. The Morgan fingerprint density at radius 1 is 1.30 bits per heavy atom. The second kappa shape index (κ2) is 7.00. The Morgan fingerprint density at radius 3 is 2.70 bits per heavy atom. The number of amides is 1. The standard InChI is InChI=1S/C16H18ClNOS/c1-3-11(2)18-15(19)10-20-14-9-5-7-12-6-4-8-13(17)16(12)14/h4-9,11H,3,10H2,1-2H3,(H,18,19). The van der Waals surface area contributed by atoms with Crippen molar-refractivity contribution in [1.29, 1.82) is 0 Å². The molecule has 0 fully saturated rings. The Kier molecular flexibility index (Phi) is 5.32. The minimum Gasteiger partial charge on any atom is -0.353 e. The number of carbonyl (C=O) groups excluding carboxylic acids is 1. The molecule has 1 amide bonds. The topological polar surface area (TPSA) is 29.1 Å². The first kappa shape index (κ1) is 15.2. The number of hydrogen-bond acceptors (Lipinski definition) is 2. The van der Waals surface area contributed by atoms with Crippen molar-refractivity contribution in [3.05, 3.63) is 41.4 Å². The molecule has 0 saturated carbocycles. The molecule has 2 aromatic carbocycles. The Balaban J connectivity index is 2.12. The number of carbonyl (C=O) groups is 1. The lowest BCUT2D eigenvalue weighted by atomic mass is 10.1. The molecule has 0 spiro atoms. The van der Waals surface area contributed by atoms with E-state index in [4.69, 9.17) is 11.6 Å². The number of fused-ring (bicyclic) bond motifs is 1. The number of halogens is 1. The van der Waals surface area contributed by atoms with Crippen LogP contribution in [-0.2, 0) is 4.79 Å². The van der Waals surface area contributed by atoms with Crippen LogP contribution in [0, 0.1) is 0 Å². The molecule has 0 aromatic heterocycles. The molecule has 2 rings (SSSR count). The summed E-state index contributed by atoms with van der Waals surface area (Å²) in [6.45, 7) is 4.07. The van der Waals surface area contributed by atoms with E-state index in [2.05, 4.69) is 12.2 Å². The van der Waals surface area contributed by atoms with Gasteiger partial charge in [-0.05, 0) is 30.9 Å². The first-order chi connectivity index (χ1) is 9.61. The average Bonchev–Trinajstić information content (AvgIpc) is 2.45. The van der Waals surface area contributed by atoms with Crippen molar-refractivity contribution in [2.24, 2.45) is 0 Å². The average molecular weight is 308 g/mol. The molecule has 0 aliphatic rings. The van der Waals surface area contributed by atoms with E-state index < -0.39 is 0 Å². The molecule has 1 unspecified atom stereocenters. The lowest BCUT2D eigenvalue weighted by molar-refractivity contribution is -0.119. The third-order valence-electron chi connectivity index (χ3n) is 3.19. The van der Waals surface area contributed by atoms with Gasteiger partial charge in [0.05, 0.1) is 5.75 Å². The summed E-state index contributed by atoms with van der Waals surface area (Å²) in [4.78, 5) is 12.9. The molecular weight excluding hydrogens is 290 g/mol. The van der Waals surface area contributed by atoms with Crippen LogP contribution in [0.5, 0.6) is 0 Å². The SMILES string of the molecule is CCC(C)NC(=O)CSc1cccc2cccc(Cl)c12. The molecule has 4 heteroatoms. The van der Waals surface area contributed by atoms with E-state index in [1.807, 2.05) is 43.3 Å². The smallest absolute Gasteiger partial charge is 0.230 e. The second-order valence-electron chi connectivity index (χ2n) is 4.76. The molecule has 0 aliphatic carbocycles. The predicted molar refractivity (Wildman–Crippen MR) is 87.6 cm³/mol. The quantitative estimate of drug-likeness (QED) is 0.824. The summed E-state index contributed by atoms with van der Waals surface area (Å²) in [7, 11) is 0. The van der Waals surface area contributed by atoms with Gasteiger partial charge in [-0.15, -0.1) is 11.8 Å². The molecule has 0 saturated heterocycles. The molecule has 106 valence electrons. The van der Waals surface area contributed by atoms with Gasteiger partial charge < -0.3 is 5.32 Å². The summed E-state index contributed by atoms with van der Waals surface area (Å²) in [5, 5.41) is 5.83. The fourth-order valence-corrected chi connectivity index (χ4v) is 3.20. The van der Waals surface area contributed by atoms with Crippen molar-refractivity contribution < 1.29 is 4.79 Å². The van der Waals surface area contributed by atoms with Crippen LogP contribution in [0.2, 0.25) is 5.02 Å². The van der Waals surface area contributed by atoms with Crippen LogP contribution in [0.25, 0.3) is 10.8 Å². The van der Waals surface area contributed by atoms with Gasteiger partial charge in [0.25, 0.3) is 0 Å². The summed E-state index contributed by atoms with van der Waals surface area (Å²) >= 11 is 7.80. The maximum absolute atomic E-state index is 11.8. The van der Waals surface area contributed by atoms with Gasteiger partial charge in [0.15, 0.2) is 0 Å². The van der Waals surface area contributed by atoms with Crippen molar-refractivity contribution in [2.45, 2.75) is 31.2 Å². The van der Waals surface area contributed by atoms with Gasteiger partial charge in [-0.1, -0.05) is 42.8 Å². The van der Waals surface area contributed by atoms with Crippen LogP contribution >= 0.6 is 23.4 Å². The number of hydrogen-bond donors (Lipinski definition) is 1. The van der Waals surface area contributed by atoms with Crippen molar-refractivity contribution >= 4 is 40.0 Å². The zero-order chi connectivity index (χ0) is 14.5. The van der Waals surface area contributed by atoms with Crippen LogP contribution < -0.4 is 5.32 Å². The lowest BCUT2D eigenvalue weighted by Crippen LogP contribution is -2.33. The number of rotatable bonds is 5. The van der Waals surface area contributed by atoms with Crippen LogP contribution in [0.3, 0.4) is 0 Å². The lowest BCUT2D eigenvalue weighted by Gasteiger charge is -2.12. The maximum Gasteiger partial charge on any atom is 0.230 e. The summed E-state index contributed by atoms with van der Waals surface area (Å²) < 4.78 is 0.